The molecule has 5 nitrogen and oxygen atoms in total. The van der Waals surface area contributed by atoms with Gasteiger partial charge in [-0.25, -0.2) is 0 Å². The van der Waals surface area contributed by atoms with Gasteiger partial charge in [0.15, 0.2) is 0 Å². The van der Waals surface area contributed by atoms with Gasteiger partial charge in [0, 0.05) is 25.7 Å². The van der Waals surface area contributed by atoms with Gasteiger partial charge in [0.25, 0.3) is 0 Å². The lowest BCUT2D eigenvalue weighted by molar-refractivity contribution is -0.0566. The molecule has 0 aliphatic carbocycles. The molecule has 3 rings (SSSR count). The first-order chi connectivity index (χ1) is 11.5. The molecule has 0 saturated carbocycles. The van der Waals surface area contributed by atoms with E-state index in [1.54, 1.807) is 0 Å². The summed E-state index contributed by atoms with van der Waals surface area (Å²) in [6.07, 6.45) is 1.08. The maximum atomic E-state index is 6.30. The van der Waals surface area contributed by atoms with Crippen molar-refractivity contribution in [1.29, 1.82) is 0 Å². The number of hydrogen-bond donors (Lipinski definition) is 0. The van der Waals surface area contributed by atoms with E-state index in [-0.39, 0.29) is 5.60 Å². The van der Waals surface area contributed by atoms with Gasteiger partial charge in [-0.1, -0.05) is 0 Å². The fraction of sp³-hybridized carbons (Fsp3) is 0.789. The van der Waals surface area contributed by atoms with Crippen molar-refractivity contribution < 1.29 is 13.9 Å². The average Bonchev–Trinajstić information content (AvgIpc) is 3.04. The second-order valence-corrected chi connectivity index (χ2v) is 7.87. The van der Waals surface area contributed by atoms with Crippen LogP contribution in [0.1, 0.15) is 31.8 Å². The Hall–Kier alpha value is -0.880. The highest BCUT2D eigenvalue weighted by Crippen LogP contribution is 2.33. The van der Waals surface area contributed by atoms with E-state index in [9.17, 15) is 0 Å². The lowest BCUT2D eigenvalue weighted by atomic mass is 9.93. The first-order valence-electron chi connectivity index (χ1n) is 9.15. The fourth-order valence-corrected chi connectivity index (χ4v) is 3.79. The van der Waals surface area contributed by atoms with Crippen LogP contribution >= 0.6 is 0 Å². The molecule has 0 unspecified atom stereocenters. The average molecular weight is 336 g/mol. The predicted molar refractivity (Wildman–Crippen MR) is 94.1 cm³/mol. The van der Waals surface area contributed by atoms with Crippen molar-refractivity contribution in [2.45, 2.75) is 45.4 Å². The molecular formula is C19H32N2O3. The topological polar surface area (TPSA) is 38.1 Å². The molecule has 2 aliphatic rings. The lowest BCUT2D eigenvalue weighted by Gasteiger charge is -2.31. The fourth-order valence-electron chi connectivity index (χ4n) is 3.79. The van der Waals surface area contributed by atoms with Gasteiger partial charge >= 0.3 is 0 Å². The van der Waals surface area contributed by atoms with E-state index in [0.717, 1.165) is 57.3 Å². The van der Waals surface area contributed by atoms with Gasteiger partial charge in [-0.3, -0.25) is 4.90 Å². The van der Waals surface area contributed by atoms with Gasteiger partial charge in [-0.05, 0) is 52.3 Å². The van der Waals surface area contributed by atoms with E-state index in [0.29, 0.717) is 18.6 Å². The molecule has 1 aromatic rings. The van der Waals surface area contributed by atoms with Crippen LogP contribution in [0.4, 0.5) is 0 Å². The maximum absolute atomic E-state index is 6.30. The minimum Gasteiger partial charge on any atom is -0.465 e. The first kappa shape index (κ1) is 17.9. The monoisotopic (exact) mass is 336 g/mol. The Bertz CT molecular complexity index is 530. The molecule has 2 atom stereocenters. The van der Waals surface area contributed by atoms with E-state index in [1.165, 1.54) is 0 Å². The Morgan fingerprint density at radius 1 is 1.38 bits per heavy atom. The minimum atomic E-state index is -0.152. The van der Waals surface area contributed by atoms with Crippen LogP contribution < -0.4 is 0 Å². The third-order valence-corrected chi connectivity index (χ3v) is 5.32. The van der Waals surface area contributed by atoms with E-state index in [4.69, 9.17) is 13.9 Å². The highest BCUT2D eigenvalue weighted by molar-refractivity contribution is 5.06. The van der Waals surface area contributed by atoms with Gasteiger partial charge in [0.05, 0.1) is 26.4 Å². The van der Waals surface area contributed by atoms with Crippen LogP contribution in [-0.4, -0.2) is 67.9 Å². The normalized spacial score (nSPS) is 29.0. The second kappa shape index (κ2) is 7.56. The number of nitrogens with zero attached hydrogens (tertiary/aromatic N) is 2. The van der Waals surface area contributed by atoms with Crippen molar-refractivity contribution in [1.82, 2.24) is 9.80 Å². The summed E-state index contributed by atoms with van der Waals surface area (Å²) < 4.78 is 17.9. The number of hydrogen-bond acceptors (Lipinski definition) is 5. The van der Waals surface area contributed by atoms with E-state index in [1.807, 2.05) is 13.0 Å². The molecule has 2 saturated heterocycles. The molecule has 136 valence electrons. The molecule has 1 aromatic heterocycles. The standard InChI is InChI=1S/C19H32N2O3/c1-15(2)20(4)10-17-9-19(23-12-17)13-21(7-8-22-14-19)11-18-6-5-16(3)24-18/h5-6,15,17H,7-14H2,1-4H3/t17-,19+/m0/s1. The predicted octanol–water partition coefficient (Wildman–Crippen LogP) is 2.54. The van der Waals surface area contributed by atoms with Crippen LogP contribution in [0.5, 0.6) is 0 Å². The third-order valence-electron chi connectivity index (χ3n) is 5.32. The van der Waals surface area contributed by atoms with Crippen LogP contribution in [0.3, 0.4) is 0 Å². The summed E-state index contributed by atoms with van der Waals surface area (Å²) in [4.78, 5) is 4.83. The van der Waals surface area contributed by atoms with Crippen molar-refractivity contribution in [3.8, 4) is 0 Å². The van der Waals surface area contributed by atoms with Gasteiger partial charge in [-0.2, -0.15) is 0 Å². The highest BCUT2D eigenvalue weighted by atomic mass is 16.5. The molecule has 3 heterocycles. The van der Waals surface area contributed by atoms with Crippen LogP contribution in [-0.2, 0) is 16.0 Å². The van der Waals surface area contributed by atoms with E-state index >= 15 is 0 Å². The summed E-state index contributed by atoms with van der Waals surface area (Å²) in [7, 11) is 2.20. The van der Waals surface area contributed by atoms with E-state index < -0.39 is 0 Å². The molecule has 0 amide bonds. The largest absolute Gasteiger partial charge is 0.465 e. The molecule has 0 bridgehead atoms. The lowest BCUT2D eigenvalue weighted by Crippen LogP contribution is -2.44. The third kappa shape index (κ3) is 4.39. The summed E-state index contributed by atoms with van der Waals surface area (Å²) in [5.74, 6) is 2.59. The zero-order valence-corrected chi connectivity index (χ0v) is 15.6. The second-order valence-electron chi connectivity index (χ2n) is 7.87. The Labute approximate surface area is 145 Å². The summed E-state index contributed by atoms with van der Waals surface area (Å²) in [5, 5.41) is 0. The number of ether oxygens (including phenoxy) is 2. The quantitative estimate of drug-likeness (QED) is 0.826. The van der Waals surface area contributed by atoms with Gasteiger partial charge in [0.1, 0.15) is 17.1 Å². The number of rotatable bonds is 5. The van der Waals surface area contributed by atoms with Gasteiger partial charge in [0.2, 0.25) is 0 Å². The Morgan fingerprint density at radius 2 is 2.21 bits per heavy atom. The van der Waals surface area contributed by atoms with Crippen LogP contribution in [0.25, 0.3) is 0 Å². The van der Waals surface area contributed by atoms with Gasteiger partial charge in [-0.15, -0.1) is 0 Å². The molecule has 0 radical (unpaired) electrons. The van der Waals surface area contributed by atoms with Crippen molar-refractivity contribution in [3.05, 3.63) is 23.7 Å². The summed E-state index contributed by atoms with van der Waals surface area (Å²) >= 11 is 0. The number of aryl methyl sites for hydroxylation is 1. The smallest absolute Gasteiger partial charge is 0.118 e. The molecule has 5 heteroatoms. The Balaban J connectivity index is 1.60. The molecule has 0 aromatic carbocycles. The maximum Gasteiger partial charge on any atom is 0.118 e. The van der Waals surface area contributed by atoms with Crippen LogP contribution in [0.2, 0.25) is 0 Å². The van der Waals surface area contributed by atoms with Crippen LogP contribution in [0.15, 0.2) is 16.5 Å². The van der Waals surface area contributed by atoms with Crippen molar-refractivity contribution >= 4 is 0 Å². The van der Waals surface area contributed by atoms with E-state index in [2.05, 4.69) is 36.8 Å². The molecule has 1 spiro atoms. The number of furan rings is 1. The molecule has 0 N–H and O–H groups in total. The summed E-state index contributed by atoms with van der Waals surface area (Å²) in [6, 6.07) is 4.68. The Kier molecular flexibility index (Phi) is 5.65. The van der Waals surface area contributed by atoms with Gasteiger partial charge < -0.3 is 18.8 Å². The minimum absolute atomic E-state index is 0.152. The zero-order chi connectivity index (χ0) is 17.2. The first-order valence-corrected chi connectivity index (χ1v) is 9.15. The summed E-state index contributed by atoms with van der Waals surface area (Å²) in [6.45, 7) is 12.6. The summed E-state index contributed by atoms with van der Waals surface area (Å²) in [5.41, 5.74) is -0.152. The van der Waals surface area contributed by atoms with Crippen molar-refractivity contribution in [3.63, 3.8) is 0 Å². The Morgan fingerprint density at radius 3 is 2.92 bits per heavy atom. The zero-order valence-electron chi connectivity index (χ0n) is 15.6. The van der Waals surface area contributed by atoms with Crippen LogP contribution in [0, 0.1) is 12.8 Å². The highest BCUT2D eigenvalue weighted by Gasteiger charge is 2.43. The molecular weight excluding hydrogens is 304 g/mol. The molecule has 24 heavy (non-hydrogen) atoms. The van der Waals surface area contributed by atoms with Crippen molar-refractivity contribution in [2.24, 2.45) is 5.92 Å². The molecule has 2 aliphatic heterocycles. The molecule has 2 fully saturated rings. The van der Waals surface area contributed by atoms with Crippen molar-refractivity contribution in [2.75, 3.05) is 46.5 Å². The SMILES string of the molecule is Cc1ccc(CN2CCOC[C@@]3(C[C@@H](CN(C)C(C)C)CO3)C2)o1.